The highest BCUT2D eigenvalue weighted by atomic mass is 16.5. The van der Waals surface area contributed by atoms with Crippen molar-refractivity contribution in [3.05, 3.63) is 0 Å². The number of hydrogen-bond acceptors (Lipinski definition) is 4. The molecule has 0 aliphatic carbocycles. The molecule has 2 N–H and O–H groups in total. The molecule has 0 unspecified atom stereocenters. The van der Waals surface area contributed by atoms with Gasteiger partial charge in [0.25, 0.3) is 0 Å². The molecule has 0 rings (SSSR count). The normalized spacial score (nSPS) is 13.2. The van der Waals surface area contributed by atoms with Crippen molar-refractivity contribution in [1.82, 2.24) is 10.6 Å². The van der Waals surface area contributed by atoms with Gasteiger partial charge in [-0.1, -0.05) is 69.2 Å². The summed E-state index contributed by atoms with van der Waals surface area (Å²) in [7, 11) is 0. The van der Waals surface area contributed by atoms with Crippen LogP contribution < -0.4 is 10.6 Å². The summed E-state index contributed by atoms with van der Waals surface area (Å²) < 4.78 is 11.4. The average Bonchev–Trinajstić information content (AvgIpc) is 2.67. The lowest BCUT2D eigenvalue weighted by atomic mass is 9.73. The number of nitrogens with one attached hydrogen (secondary N) is 2. The molecule has 2 amide bonds. The Morgan fingerprint density at radius 3 is 1.50 bits per heavy atom. The Morgan fingerprint density at radius 2 is 1.08 bits per heavy atom. The first-order valence-electron chi connectivity index (χ1n) is 13.8. The number of carbonyl (C=O) groups excluding carboxylic acids is 2. The molecule has 0 heterocycles. The summed E-state index contributed by atoms with van der Waals surface area (Å²) in [5, 5.41) is 6.15. The monoisotopic (exact) mass is 514 g/mol. The Morgan fingerprint density at radius 1 is 0.667 bits per heavy atom. The maximum absolute atomic E-state index is 12.8. The van der Waals surface area contributed by atoms with Crippen molar-refractivity contribution in [3.8, 4) is 0 Å². The fourth-order valence-electron chi connectivity index (χ4n) is 4.73. The molecule has 6 heteroatoms. The Kier molecular flexibility index (Phi) is 15.7. The third-order valence-corrected chi connectivity index (χ3v) is 5.53. The zero-order valence-electron chi connectivity index (χ0n) is 26.7. The Hall–Kier alpha value is -1.14. The molecule has 0 saturated carbocycles. The van der Waals surface area contributed by atoms with Gasteiger partial charge in [-0.05, 0) is 69.1 Å². The summed E-state index contributed by atoms with van der Waals surface area (Å²) in [5.41, 5.74) is -0.642. The van der Waals surface area contributed by atoms with Crippen LogP contribution in [0.25, 0.3) is 0 Å². The maximum atomic E-state index is 12.8. The minimum atomic E-state index is -0.339. The van der Waals surface area contributed by atoms with Crippen molar-refractivity contribution < 1.29 is 19.1 Å². The summed E-state index contributed by atoms with van der Waals surface area (Å²) in [5.74, 6) is -0.0322. The molecule has 36 heavy (non-hydrogen) atoms. The average molecular weight is 515 g/mol. The van der Waals surface area contributed by atoms with E-state index < -0.39 is 0 Å². The van der Waals surface area contributed by atoms with E-state index in [4.69, 9.17) is 9.47 Å². The van der Waals surface area contributed by atoms with Gasteiger partial charge in [0.05, 0.1) is 18.3 Å². The molecule has 0 fully saturated rings. The quantitative estimate of drug-likeness (QED) is 0.253. The van der Waals surface area contributed by atoms with E-state index >= 15 is 0 Å². The van der Waals surface area contributed by atoms with Crippen molar-refractivity contribution >= 4 is 11.8 Å². The molecule has 0 aliphatic heterocycles. The lowest BCUT2D eigenvalue weighted by Gasteiger charge is -2.37. The van der Waals surface area contributed by atoms with E-state index in [1.807, 2.05) is 34.6 Å². The van der Waals surface area contributed by atoms with Gasteiger partial charge in [-0.3, -0.25) is 9.59 Å². The van der Waals surface area contributed by atoms with Crippen LogP contribution in [0.2, 0.25) is 0 Å². The topological polar surface area (TPSA) is 76.7 Å². The maximum Gasteiger partial charge on any atom is 0.246 e. The fraction of sp³-hybridized carbons (Fsp3) is 0.933. The summed E-state index contributed by atoms with van der Waals surface area (Å²) in [6, 6.07) is 0. The second kappa shape index (κ2) is 15.3. The summed E-state index contributed by atoms with van der Waals surface area (Å²) >= 11 is 0. The van der Waals surface area contributed by atoms with E-state index in [-0.39, 0.29) is 51.8 Å². The lowest BCUT2D eigenvalue weighted by Crippen LogP contribution is -2.41. The zero-order valence-corrected chi connectivity index (χ0v) is 26.7. The second-order valence-corrected chi connectivity index (χ2v) is 14.5. The van der Waals surface area contributed by atoms with E-state index in [0.29, 0.717) is 26.1 Å². The van der Waals surface area contributed by atoms with Crippen LogP contribution in [0.5, 0.6) is 0 Å². The molecule has 0 spiro atoms. The minimum absolute atomic E-state index is 0.0255. The molecular weight excluding hydrogens is 452 g/mol. The van der Waals surface area contributed by atoms with Crippen LogP contribution in [-0.2, 0) is 19.1 Å². The highest BCUT2D eigenvalue weighted by Crippen LogP contribution is 2.37. The van der Waals surface area contributed by atoms with Gasteiger partial charge in [0.2, 0.25) is 11.8 Å². The van der Waals surface area contributed by atoms with Gasteiger partial charge in [-0.15, -0.1) is 0 Å². The number of amides is 2. The fourth-order valence-corrected chi connectivity index (χ4v) is 4.73. The number of carbonyl (C=O) groups is 2. The number of hydrogen-bond donors (Lipinski definition) is 2. The largest absolute Gasteiger partial charge is 0.378 e. The van der Waals surface area contributed by atoms with Crippen LogP contribution in [0.1, 0.15) is 123 Å². The predicted molar refractivity (Wildman–Crippen MR) is 153 cm³/mol. The van der Waals surface area contributed by atoms with Crippen molar-refractivity contribution in [2.24, 2.45) is 21.7 Å². The highest BCUT2D eigenvalue weighted by molar-refractivity contribution is 5.77. The summed E-state index contributed by atoms with van der Waals surface area (Å²) in [6.45, 7) is 33.2. The van der Waals surface area contributed by atoms with E-state index in [9.17, 15) is 9.59 Å². The van der Waals surface area contributed by atoms with Gasteiger partial charge in [0.1, 0.15) is 6.61 Å². The third-order valence-electron chi connectivity index (χ3n) is 5.53. The number of rotatable bonds is 15. The molecule has 0 aromatic heterocycles. The Bertz CT molecular complexity index is 644. The van der Waals surface area contributed by atoms with Gasteiger partial charge in [-0.2, -0.15) is 0 Å². The highest BCUT2D eigenvalue weighted by Gasteiger charge is 2.33. The molecule has 0 atom stereocenters. The molecule has 216 valence electrons. The Labute approximate surface area is 224 Å². The van der Waals surface area contributed by atoms with E-state index in [1.54, 1.807) is 0 Å². The molecule has 0 radical (unpaired) electrons. The minimum Gasteiger partial charge on any atom is -0.378 e. The van der Waals surface area contributed by atoms with Crippen LogP contribution in [0.3, 0.4) is 0 Å². The van der Waals surface area contributed by atoms with Crippen molar-refractivity contribution in [2.45, 2.75) is 135 Å². The first-order chi connectivity index (χ1) is 16.0. The van der Waals surface area contributed by atoms with E-state index in [0.717, 1.165) is 12.8 Å². The summed E-state index contributed by atoms with van der Waals surface area (Å²) in [4.78, 5) is 24.9. The standard InChI is InChI=1S/C28H56N2O4.C2H6/c1-21(2)33-20-28(12,13)17-27(10,11)18-29-22(31)14-25(6,7)16-26(8,9)19-30-23(32)15-34-24(3,4)5;1-2/h21H,14-20H2,1-13H3,(H,29,31)(H,30,32);1-2H3. The van der Waals surface area contributed by atoms with Gasteiger partial charge < -0.3 is 20.1 Å². The van der Waals surface area contributed by atoms with Crippen LogP contribution in [0, 0.1) is 21.7 Å². The molecule has 0 aromatic rings. The van der Waals surface area contributed by atoms with Crippen molar-refractivity contribution in [2.75, 3.05) is 26.3 Å². The van der Waals surface area contributed by atoms with E-state index in [2.05, 4.69) is 79.9 Å². The predicted octanol–water partition coefficient (Wildman–Crippen LogP) is 6.76. The van der Waals surface area contributed by atoms with Crippen LogP contribution in [0.4, 0.5) is 0 Å². The lowest BCUT2D eigenvalue weighted by molar-refractivity contribution is -0.131. The molecule has 0 aromatic carbocycles. The summed E-state index contributed by atoms with van der Waals surface area (Å²) in [6.07, 6.45) is 2.45. The molecule has 6 nitrogen and oxygen atoms in total. The molecule has 0 saturated heterocycles. The first-order valence-corrected chi connectivity index (χ1v) is 13.8. The van der Waals surface area contributed by atoms with Crippen molar-refractivity contribution in [3.63, 3.8) is 0 Å². The van der Waals surface area contributed by atoms with Gasteiger partial charge >= 0.3 is 0 Å². The second-order valence-electron chi connectivity index (χ2n) is 14.5. The molecular formula is C30H62N2O4. The van der Waals surface area contributed by atoms with Gasteiger partial charge in [-0.25, -0.2) is 0 Å². The SMILES string of the molecule is CC.CC(C)OCC(C)(C)CC(C)(C)CNC(=O)CC(C)(C)CC(C)(C)CNC(=O)COC(C)(C)C. The van der Waals surface area contributed by atoms with Crippen LogP contribution in [0.15, 0.2) is 0 Å². The van der Waals surface area contributed by atoms with Crippen LogP contribution in [-0.4, -0.2) is 49.8 Å². The Balaban J connectivity index is 0. The third kappa shape index (κ3) is 21.0. The van der Waals surface area contributed by atoms with Gasteiger partial charge in [0.15, 0.2) is 0 Å². The van der Waals surface area contributed by atoms with E-state index in [1.165, 1.54) is 0 Å². The first kappa shape index (κ1) is 37.0. The molecule has 0 aliphatic rings. The molecule has 0 bridgehead atoms. The van der Waals surface area contributed by atoms with Gasteiger partial charge in [0, 0.05) is 19.5 Å². The number of ether oxygens (including phenoxy) is 2. The van der Waals surface area contributed by atoms with Crippen molar-refractivity contribution in [1.29, 1.82) is 0 Å². The van der Waals surface area contributed by atoms with Crippen LogP contribution >= 0.6 is 0 Å². The smallest absolute Gasteiger partial charge is 0.246 e. The zero-order chi connectivity index (χ0) is 29.0.